The zero-order chi connectivity index (χ0) is 11.7. The SMILES string of the molecule is COc1c(C(C)CN)ccc2oc(C)nc12. The Morgan fingerprint density at radius 3 is 2.88 bits per heavy atom. The number of aromatic nitrogens is 1. The number of hydrogen-bond acceptors (Lipinski definition) is 4. The fourth-order valence-electron chi connectivity index (χ4n) is 1.83. The molecule has 0 spiro atoms. The number of nitrogens with zero attached hydrogens (tertiary/aromatic N) is 1. The second-order valence-electron chi connectivity index (χ2n) is 3.90. The van der Waals surface area contributed by atoms with Crippen LogP contribution >= 0.6 is 0 Å². The van der Waals surface area contributed by atoms with Crippen LogP contribution in [0.25, 0.3) is 11.1 Å². The minimum absolute atomic E-state index is 0.247. The third-order valence-corrected chi connectivity index (χ3v) is 2.74. The molecule has 4 nitrogen and oxygen atoms in total. The summed E-state index contributed by atoms with van der Waals surface area (Å²) in [5.41, 5.74) is 8.28. The topological polar surface area (TPSA) is 61.3 Å². The number of fused-ring (bicyclic) bond motifs is 1. The maximum absolute atomic E-state index is 5.68. The summed E-state index contributed by atoms with van der Waals surface area (Å²) in [6.45, 7) is 4.47. The number of ether oxygens (including phenoxy) is 1. The molecule has 0 saturated heterocycles. The van der Waals surface area contributed by atoms with Crippen molar-refractivity contribution in [3.05, 3.63) is 23.6 Å². The van der Waals surface area contributed by atoms with E-state index in [1.54, 1.807) is 7.11 Å². The average Bonchev–Trinajstić information content (AvgIpc) is 2.66. The van der Waals surface area contributed by atoms with Gasteiger partial charge in [0.05, 0.1) is 7.11 Å². The Hall–Kier alpha value is -1.55. The van der Waals surface area contributed by atoms with E-state index >= 15 is 0 Å². The van der Waals surface area contributed by atoms with Gasteiger partial charge in [0.15, 0.2) is 22.7 Å². The van der Waals surface area contributed by atoms with Gasteiger partial charge in [0.2, 0.25) is 0 Å². The number of methoxy groups -OCH3 is 1. The van der Waals surface area contributed by atoms with Crippen LogP contribution in [-0.2, 0) is 0 Å². The second-order valence-corrected chi connectivity index (χ2v) is 3.90. The van der Waals surface area contributed by atoms with Crippen molar-refractivity contribution in [2.75, 3.05) is 13.7 Å². The Morgan fingerprint density at radius 2 is 2.25 bits per heavy atom. The van der Waals surface area contributed by atoms with E-state index in [0.717, 1.165) is 22.4 Å². The van der Waals surface area contributed by atoms with Gasteiger partial charge in [-0.2, -0.15) is 0 Å². The van der Waals surface area contributed by atoms with Crippen LogP contribution in [0.3, 0.4) is 0 Å². The lowest BCUT2D eigenvalue weighted by Crippen LogP contribution is -2.10. The Labute approximate surface area is 94.4 Å². The van der Waals surface area contributed by atoms with Crippen molar-refractivity contribution in [3.63, 3.8) is 0 Å². The molecule has 1 unspecified atom stereocenters. The summed E-state index contributed by atoms with van der Waals surface area (Å²) in [5, 5.41) is 0. The van der Waals surface area contributed by atoms with Crippen molar-refractivity contribution in [2.24, 2.45) is 5.73 Å². The first-order valence-electron chi connectivity index (χ1n) is 5.31. The van der Waals surface area contributed by atoms with Gasteiger partial charge in [0.1, 0.15) is 0 Å². The summed E-state index contributed by atoms with van der Waals surface area (Å²) < 4.78 is 10.9. The van der Waals surface area contributed by atoms with E-state index in [-0.39, 0.29) is 5.92 Å². The van der Waals surface area contributed by atoms with Crippen molar-refractivity contribution >= 4 is 11.1 Å². The van der Waals surface area contributed by atoms with E-state index < -0.39 is 0 Å². The Bertz CT molecular complexity index is 505. The van der Waals surface area contributed by atoms with Gasteiger partial charge >= 0.3 is 0 Å². The van der Waals surface area contributed by atoms with Gasteiger partial charge < -0.3 is 14.9 Å². The molecule has 0 aliphatic rings. The molecule has 86 valence electrons. The van der Waals surface area contributed by atoms with E-state index in [1.807, 2.05) is 19.1 Å². The highest BCUT2D eigenvalue weighted by Gasteiger charge is 2.16. The number of hydrogen-bond donors (Lipinski definition) is 1. The van der Waals surface area contributed by atoms with Crippen LogP contribution in [-0.4, -0.2) is 18.6 Å². The van der Waals surface area contributed by atoms with E-state index in [2.05, 4.69) is 11.9 Å². The molecule has 1 atom stereocenters. The Morgan fingerprint density at radius 1 is 1.50 bits per heavy atom. The van der Waals surface area contributed by atoms with Crippen LogP contribution in [0.15, 0.2) is 16.5 Å². The fraction of sp³-hybridized carbons (Fsp3) is 0.417. The summed E-state index contributed by atoms with van der Waals surface area (Å²) in [4.78, 5) is 4.33. The van der Waals surface area contributed by atoms with Gasteiger partial charge in [-0.05, 0) is 18.5 Å². The number of oxazole rings is 1. The zero-order valence-electron chi connectivity index (χ0n) is 9.78. The van der Waals surface area contributed by atoms with Crippen molar-refractivity contribution in [1.29, 1.82) is 0 Å². The first-order valence-corrected chi connectivity index (χ1v) is 5.31. The third-order valence-electron chi connectivity index (χ3n) is 2.74. The molecular weight excluding hydrogens is 204 g/mol. The van der Waals surface area contributed by atoms with Crippen molar-refractivity contribution in [3.8, 4) is 5.75 Å². The Balaban J connectivity index is 2.66. The molecule has 0 amide bonds. The highest BCUT2D eigenvalue weighted by atomic mass is 16.5. The first kappa shape index (κ1) is 11.0. The third kappa shape index (κ3) is 1.65. The van der Waals surface area contributed by atoms with Gasteiger partial charge in [0.25, 0.3) is 0 Å². The summed E-state index contributed by atoms with van der Waals surface area (Å²) in [6, 6.07) is 3.91. The Kier molecular flexibility index (Phi) is 2.83. The molecule has 0 radical (unpaired) electrons. The normalized spacial score (nSPS) is 13.0. The quantitative estimate of drug-likeness (QED) is 0.861. The minimum Gasteiger partial charge on any atom is -0.494 e. The molecule has 1 heterocycles. The van der Waals surface area contributed by atoms with Gasteiger partial charge in [0, 0.05) is 12.5 Å². The van der Waals surface area contributed by atoms with Crippen molar-refractivity contribution < 1.29 is 9.15 Å². The largest absolute Gasteiger partial charge is 0.494 e. The summed E-state index contributed by atoms with van der Waals surface area (Å²) >= 11 is 0. The van der Waals surface area contributed by atoms with Crippen molar-refractivity contribution in [2.45, 2.75) is 19.8 Å². The first-order chi connectivity index (χ1) is 7.67. The number of nitrogens with two attached hydrogens (primary N) is 1. The van der Waals surface area contributed by atoms with E-state index in [4.69, 9.17) is 14.9 Å². The summed E-state index contributed by atoms with van der Waals surface area (Å²) in [7, 11) is 1.64. The van der Waals surface area contributed by atoms with Crippen LogP contribution < -0.4 is 10.5 Å². The molecule has 0 saturated carbocycles. The average molecular weight is 220 g/mol. The smallest absolute Gasteiger partial charge is 0.192 e. The van der Waals surface area contributed by atoms with E-state index in [1.165, 1.54) is 0 Å². The van der Waals surface area contributed by atoms with E-state index in [9.17, 15) is 0 Å². The predicted molar refractivity (Wildman–Crippen MR) is 62.8 cm³/mol. The number of benzene rings is 1. The van der Waals surface area contributed by atoms with Gasteiger partial charge in [-0.25, -0.2) is 4.98 Å². The molecule has 2 rings (SSSR count). The summed E-state index contributed by atoms with van der Waals surface area (Å²) in [6.07, 6.45) is 0. The molecule has 0 bridgehead atoms. The van der Waals surface area contributed by atoms with Gasteiger partial charge in [-0.3, -0.25) is 0 Å². The molecule has 16 heavy (non-hydrogen) atoms. The molecule has 0 aliphatic carbocycles. The molecule has 1 aromatic carbocycles. The molecular formula is C12H16N2O2. The maximum Gasteiger partial charge on any atom is 0.192 e. The molecule has 2 N–H and O–H groups in total. The lowest BCUT2D eigenvalue weighted by atomic mass is 10.00. The van der Waals surface area contributed by atoms with Crippen molar-refractivity contribution in [1.82, 2.24) is 4.98 Å². The molecule has 0 fully saturated rings. The van der Waals surface area contributed by atoms with Crippen LogP contribution in [0.5, 0.6) is 5.75 Å². The zero-order valence-corrected chi connectivity index (χ0v) is 9.78. The van der Waals surface area contributed by atoms with Crippen LogP contribution in [0.1, 0.15) is 24.3 Å². The summed E-state index contributed by atoms with van der Waals surface area (Å²) in [5.74, 6) is 1.66. The predicted octanol–water partition coefficient (Wildman–Crippen LogP) is 2.21. The standard InChI is InChI=1S/C12H16N2O2/c1-7(6-13)9-4-5-10-11(12(9)15-3)14-8(2)16-10/h4-5,7H,6,13H2,1-3H3. The lowest BCUT2D eigenvalue weighted by molar-refractivity contribution is 0.411. The van der Waals surface area contributed by atoms with Gasteiger partial charge in [-0.1, -0.05) is 13.0 Å². The molecule has 2 aromatic rings. The van der Waals surface area contributed by atoms with Crippen LogP contribution in [0, 0.1) is 6.92 Å². The van der Waals surface area contributed by atoms with Crippen LogP contribution in [0.2, 0.25) is 0 Å². The highest BCUT2D eigenvalue weighted by molar-refractivity contribution is 5.81. The number of aryl methyl sites for hydroxylation is 1. The van der Waals surface area contributed by atoms with E-state index in [0.29, 0.717) is 12.4 Å². The molecule has 0 aliphatic heterocycles. The minimum atomic E-state index is 0.247. The maximum atomic E-state index is 5.68. The fourth-order valence-corrected chi connectivity index (χ4v) is 1.83. The molecule has 1 aromatic heterocycles. The monoisotopic (exact) mass is 220 g/mol. The lowest BCUT2D eigenvalue weighted by Gasteiger charge is -2.13. The number of rotatable bonds is 3. The van der Waals surface area contributed by atoms with Gasteiger partial charge in [-0.15, -0.1) is 0 Å². The second kappa shape index (κ2) is 4.14. The highest BCUT2D eigenvalue weighted by Crippen LogP contribution is 2.33. The van der Waals surface area contributed by atoms with Crippen LogP contribution in [0.4, 0.5) is 0 Å². The molecule has 4 heteroatoms.